The van der Waals surface area contributed by atoms with Gasteiger partial charge in [-0.1, -0.05) is 18.2 Å². The zero-order chi connectivity index (χ0) is 14.1. The average Bonchev–Trinajstić information content (AvgIpc) is 2.94. The number of nitrogens with zero attached hydrogens (tertiary/aromatic N) is 2. The van der Waals surface area contributed by atoms with Crippen LogP contribution in [0, 0.1) is 0 Å². The Morgan fingerprint density at radius 2 is 2.15 bits per heavy atom. The second-order valence-electron chi connectivity index (χ2n) is 6.31. The van der Waals surface area contributed by atoms with E-state index in [9.17, 15) is 5.11 Å². The van der Waals surface area contributed by atoms with Gasteiger partial charge >= 0.3 is 0 Å². The average molecular weight is 292 g/mol. The zero-order valence-corrected chi connectivity index (χ0v) is 13.1. The van der Waals surface area contributed by atoms with Gasteiger partial charge in [0.1, 0.15) is 0 Å². The van der Waals surface area contributed by atoms with Gasteiger partial charge in [0.05, 0.1) is 6.10 Å². The molecule has 2 aliphatic rings. The van der Waals surface area contributed by atoms with Gasteiger partial charge in [-0.05, 0) is 32.1 Å². The predicted molar refractivity (Wildman–Crippen MR) is 84.4 cm³/mol. The fourth-order valence-corrected chi connectivity index (χ4v) is 4.70. The number of thioether (sulfide) groups is 1. The van der Waals surface area contributed by atoms with Crippen LogP contribution in [-0.4, -0.2) is 66.5 Å². The molecule has 2 aliphatic heterocycles. The first-order valence-corrected chi connectivity index (χ1v) is 8.40. The van der Waals surface area contributed by atoms with E-state index in [0.717, 1.165) is 26.1 Å². The fraction of sp³-hybridized carbons (Fsp3) is 0.625. The summed E-state index contributed by atoms with van der Waals surface area (Å²) in [5.41, 5.74) is 1.50. The van der Waals surface area contributed by atoms with E-state index in [1.165, 1.54) is 16.2 Å². The number of rotatable bonds is 4. The monoisotopic (exact) mass is 292 g/mol. The van der Waals surface area contributed by atoms with Crippen molar-refractivity contribution in [1.82, 2.24) is 9.80 Å². The van der Waals surface area contributed by atoms with Gasteiger partial charge in [-0.3, -0.25) is 4.90 Å². The van der Waals surface area contributed by atoms with Crippen LogP contribution in [-0.2, 0) is 0 Å². The molecule has 2 heterocycles. The van der Waals surface area contributed by atoms with Gasteiger partial charge in [0, 0.05) is 42.2 Å². The Labute approximate surface area is 126 Å². The number of likely N-dealkylation sites (tertiary alicyclic amines) is 1. The molecule has 0 spiro atoms. The second-order valence-corrected chi connectivity index (χ2v) is 7.37. The minimum absolute atomic E-state index is 0.149. The third-order valence-electron chi connectivity index (χ3n) is 4.34. The quantitative estimate of drug-likeness (QED) is 0.916. The van der Waals surface area contributed by atoms with Crippen LogP contribution in [0.2, 0.25) is 0 Å². The number of aliphatic hydroxyl groups excluding tert-OH is 1. The molecule has 0 radical (unpaired) electrons. The van der Waals surface area contributed by atoms with Crippen LogP contribution in [0.25, 0.3) is 0 Å². The SMILES string of the molecule is CN(C)CC1CC(O)CN1CC1CSc2ccccc21. The van der Waals surface area contributed by atoms with Crippen molar-refractivity contribution in [2.75, 3.05) is 39.5 Å². The molecule has 3 atom stereocenters. The van der Waals surface area contributed by atoms with Crippen LogP contribution in [0.3, 0.4) is 0 Å². The minimum Gasteiger partial charge on any atom is -0.392 e. The molecule has 1 saturated heterocycles. The van der Waals surface area contributed by atoms with Crippen molar-refractivity contribution in [2.45, 2.75) is 29.4 Å². The van der Waals surface area contributed by atoms with Crippen molar-refractivity contribution in [3.05, 3.63) is 29.8 Å². The van der Waals surface area contributed by atoms with Crippen LogP contribution in [0.15, 0.2) is 29.2 Å². The highest BCUT2D eigenvalue weighted by Crippen LogP contribution is 2.40. The van der Waals surface area contributed by atoms with Crippen molar-refractivity contribution in [2.24, 2.45) is 0 Å². The van der Waals surface area contributed by atoms with E-state index in [0.29, 0.717) is 12.0 Å². The molecule has 3 nitrogen and oxygen atoms in total. The Morgan fingerprint density at radius 3 is 2.95 bits per heavy atom. The summed E-state index contributed by atoms with van der Waals surface area (Å²) in [5.74, 6) is 1.80. The lowest BCUT2D eigenvalue weighted by molar-refractivity contribution is 0.170. The molecule has 1 aromatic carbocycles. The lowest BCUT2D eigenvalue weighted by atomic mass is 10.0. The topological polar surface area (TPSA) is 26.7 Å². The summed E-state index contributed by atoms with van der Waals surface area (Å²) in [6.45, 7) is 2.96. The van der Waals surface area contributed by atoms with Gasteiger partial charge < -0.3 is 10.0 Å². The number of benzene rings is 1. The second kappa shape index (κ2) is 6.06. The molecule has 0 saturated carbocycles. The Hall–Kier alpha value is -0.550. The van der Waals surface area contributed by atoms with E-state index >= 15 is 0 Å². The normalized spacial score (nSPS) is 30.1. The van der Waals surface area contributed by atoms with Crippen molar-refractivity contribution in [3.8, 4) is 0 Å². The molecule has 0 aliphatic carbocycles. The molecule has 0 aromatic heterocycles. The summed E-state index contributed by atoms with van der Waals surface area (Å²) < 4.78 is 0. The van der Waals surface area contributed by atoms with E-state index in [4.69, 9.17) is 0 Å². The van der Waals surface area contributed by atoms with Crippen LogP contribution < -0.4 is 0 Å². The molecular weight excluding hydrogens is 268 g/mol. The molecule has 3 unspecified atom stereocenters. The third kappa shape index (κ3) is 3.03. The highest BCUT2D eigenvalue weighted by Gasteiger charge is 2.34. The molecule has 0 amide bonds. The Kier molecular flexibility index (Phi) is 4.36. The first kappa shape index (κ1) is 14.4. The zero-order valence-electron chi connectivity index (χ0n) is 12.3. The van der Waals surface area contributed by atoms with Crippen molar-refractivity contribution >= 4 is 11.8 Å². The standard InChI is InChI=1S/C16H24N2OS/c1-17(2)9-13-7-14(19)10-18(13)8-12-11-20-16-6-4-3-5-15(12)16/h3-6,12-14,19H,7-11H2,1-2H3. The summed E-state index contributed by atoms with van der Waals surface area (Å²) in [4.78, 5) is 6.17. The minimum atomic E-state index is -0.149. The van der Waals surface area contributed by atoms with Crippen LogP contribution >= 0.6 is 11.8 Å². The summed E-state index contributed by atoms with van der Waals surface area (Å²) in [6.07, 6.45) is 0.768. The number of fused-ring (bicyclic) bond motifs is 1. The molecule has 0 bridgehead atoms. The number of β-amino-alcohol motifs (C(OH)–C–C–N with tert-alkyl or cyclic N) is 1. The lowest BCUT2D eigenvalue weighted by Crippen LogP contribution is -2.39. The number of hydrogen-bond acceptors (Lipinski definition) is 4. The fourth-order valence-electron chi connectivity index (χ4n) is 3.46. The Balaban J connectivity index is 1.68. The maximum Gasteiger partial charge on any atom is 0.0682 e. The van der Waals surface area contributed by atoms with Crippen molar-refractivity contribution < 1.29 is 5.11 Å². The van der Waals surface area contributed by atoms with Gasteiger partial charge in [-0.15, -0.1) is 11.8 Å². The summed E-state index contributed by atoms with van der Waals surface area (Å²) >= 11 is 1.98. The number of hydrogen-bond donors (Lipinski definition) is 1. The van der Waals surface area contributed by atoms with E-state index in [1.54, 1.807) is 0 Å². The molecule has 20 heavy (non-hydrogen) atoms. The molecule has 110 valence electrons. The molecule has 1 aromatic rings. The van der Waals surface area contributed by atoms with Crippen LogP contribution in [0.5, 0.6) is 0 Å². The van der Waals surface area contributed by atoms with Crippen molar-refractivity contribution in [1.29, 1.82) is 0 Å². The van der Waals surface area contributed by atoms with E-state index in [-0.39, 0.29) is 6.10 Å². The highest BCUT2D eigenvalue weighted by molar-refractivity contribution is 7.99. The predicted octanol–water partition coefficient (Wildman–Crippen LogP) is 1.87. The molecule has 3 rings (SSSR count). The Bertz CT molecular complexity index is 466. The van der Waals surface area contributed by atoms with Crippen LogP contribution in [0.4, 0.5) is 0 Å². The van der Waals surface area contributed by atoms with Crippen LogP contribution in [0.1, 0.15) is 17.9 Å². The van der Waals surface area contributed by atoms with E-state index < -0.39 is 0 Å². The summed E-state index contributed by atoms with van der Waals surface area (Å²) in [5, 5.41) is 9.99. The third-order valence-corrected chi connectivity index (χ3v) is 5.59. The maximum atomic E-state index is 9.99. The van der Waals surface area contributed by atoms with E-state index in [1.807, 2.05) is 11.8 Å². The molecule has 1 N–H and O–H groups in total. The lowest BCUT2D eigenvalue weighted by Gasteiger charge is -2.29. The first-order valence-electron chi connectivity index (χ1n) is 7.42. The summed E-state index contributed by atoms with van der Waals surface area (Å²) in [6, 6.07) is 9.28. The van der Waals surface area contributed by atoms with Gasteiger partial charge in [-0.25, -0.2) is 0 Å². The molecule has 1 fully saturated rings. The van der Waals surface area contributed by atoms with Gasteiger partial charge in [0.2, 0.25) is 0 Å². The van der Waals surface area contributed by atoms with Gasteiger partial charge in [0.25, 0.3) is 0 Å². The summed E-state index contributed by atoms with van der Waals surface area (Å²) in [7, 11) is 4.23. The first-order chi connectivity index (χ1) is 9.63. The van der Waals surface area contributed by atoms with Crippen molar-refractivity contribution in [3.63, 3.8) is 0 Å². The number of aliphatic hydroxyl groups is 1. The smallest absolute Gasteiger partial charge is 0.0682 e. The Morgan fingerprint density at radius 1 is 1.35 bits per heavy atom. The van der Waals surface area contributed by atoms with Gasteiger partial charge in [-0.2, -0.15) is 0 Å². The molecular formula is C16H24N2OS. The maximum absolute atomic E-state index is 9.99. The van der Waals surface area contributed by atoms with Gasteiger partial charge in [0.15, 0.2) is 0 Å². The largest absolute Gasteiger partial charge is 0.392 e. The molecule has 4 heteroatoms. The van der Waals surface area contributed by atoms with E-state index in [2.05, 4.69) is 48.2 Å². The highest BCUT2D eigenvalue weighted by atomic mass is 32.2. The number of likely N-dealkylation sites (N-methyl/N-ethyl adjacent to an activating group) is 1.